The van der Waals surface area contributed by atoms with Gasteiger partial charge in [0, 0.05) is 44.6 Å². The topological polar surface area (TPSA) is 60.5 Å². The van der Waals surface area contributed by atoms with Gasteiger partial charge < -0.3 is 23.8 Å². The molecule has 5 rings (SSSR count). The van der Waals surface area contributed by atoms with Crippen LogP contribution in [-0.2, 0) is 24.1 Å². The van der Waals surface area contributed by atoms with Crippen LogP contribution in [0.1, 0.15) is 60.3 Å². The highest BCUT2D eigenvalue weighted by molar-refractivity contribution is 5.76. The normalized spacial score (nSPS) is 18.9. The zero-order valence-electron chi connectivity index (χ0n) is 23.4. The Bertz CT molecular complexity index is 1110. The summed E-state index contributed by atoms with van der Waals surface area (Å²) >= 11 is 0. The molecular weight excluding hydrogens is 480 g/mol. The molecule has 7 nitrogen and oxygen atoms in total. The first-order valence-electron chi connectivity index (χ1n) is 14.0. The van der Waals surface area contributed by atoms with Crippen molar-refractivity contribution in [3.63, 3.8) is 0 Å². The summed E-state index contributed by atoms with van der Waals surface area (Å²) in [4.78, 5) is 18.1. The molecule has 0 N–H and O–H groups in total. The van der Waals surface area contributed by atoms with Crippen LogP contribution < -0.4 is 18.9 Å². The minimum Gasteiger partial charge on any atom is -0.493 e. The molecule has 38 heavy (non-hydrogen) atoms. The minimum absolute atomic E-state index is 0.264. The Kier molecular flexibility index (Phi) is 8.32. The Hall–Kier alpha value is -2.93. The average molecular weight is 523 g/mol. The van der Waals surface area contributed by atoms with Crippen LogP contribution in [0, 0.1) is 0 Å². The van der Waals surface area contributed by atoms with Crippen LogP contribution in [0.25, 0.3) is 0 Å². The van der Waals surface area contributed by atoms with Gasteiger partial charge in [0.2, 0.25) is 5.91 Å². The molecule has 0 aromatic heterocycles. The summed E-state index contributed by atoms with van der Waals surface area (Å²) in [5, 5.41) is 0. The van der Waals surface area contributed by atoms with Crippen LogP contribution >= 0.6 is 0 Å². The molecular formula is C31H42N2O5. The summed E-state index contributed by atoms with van der Waals surface area (Å²) in [6.07, 6.45) is 8.38. The zero-order valence-corrected chi connectivity index (χ0v) is 23.4. The highest BCUT2D eigenvalue weighted by atomic mass is 16.5. The average Bonchev–Trinajstić information content (AvgIpc) is 3.39. The molecule has 0 saturated heterocycles. The van der Waals surface area contributed by atoms with Gasteiger partial charge in [-0.25, -0.2) is 0 Å². The lowest BCUT2D eigenvalue weighted by Gasteiger charge is -2.38. The fourth-order valence-electron chi connectivity index (χ4n) is 6.57. The SMILES string of the molecule is COc1cc2c(cc1OC)CCN(C(=O)CCN(C[C@H]1Cc3cc(OC)c(OC)cc31)C1CCCC1)CC2. The third-order valence-corrected chi connectivity index (χ3v) is 8.82. The predicted molar refractivity (Wildman–Crippen MR) is 148 cm³/mol. The van der Waals surface area contributed by atoms with E-state index in [0.29, 0.717) is 18.4 Å². The number of fused-ring (bicyclic) bond motifs is 2. The van der Waals surface area contributed by atoms with Gasteiger partial charge in [0.25, 0.3) is 0 Å². The first-order valence-corrected chi connectivity index (χ1v) is 14.0. The van der Waals surface area contributed by atoms with Crippen molar-refractivity contribution < 1.29 is 23.7 Å². The number of carbonyl (C=O) groups excluding carboxylic acids is 1. The van der Waals surface area contributed by atoms with E-state index in [9.17, 15) is 4.79 Å². The van der Waals surface area contributed by atoms with Crippen molar-refractivity contribution in [2.75, 3.05) is 54.6 Å². The highest BCUT2D eigenvalue weighted by Gasteiger charge is 2.33. The molecule has 1 amide bonds. The van der Waals surface area contributed by atoms with E-state index in [1.54, 1.807) is 28.4 Å². The molecule has 1 heterocycles. The van der Waals surface area contributed by atoms with E-state index in [2.05, 4.69) is 34.1 Å². The standard InChI is InChI=1S/C31H42N2O5/c1-35-27-16-21-9-12-32(13-10-22(21)17-28(27)36-2)31(34)11-14-33(25-7-5-6-8-25)20-24-15-23-18-29(37-3)30(38-4)19-26(23)24/h16-19,24-25H,5-15,20H2,1-4H3/t24-/m1/s1. The molecule has 0 unspecified atom stereocenters. The second-order valence-corrected chi connectivity index (χ2v) is 10.8. The number of nitrogens with zero attached hydrogens (tertiary/aromatic N) is 2. The van der Waals surface area contributed by atoms with Gasteiger partial charge in [0.15, 0.2) is 23.0 Å². The smallest absolute Gasteiger partial charge is 0.223 e. The van der Waals surface area contributed by atoms with E-state index in [-0.39, 0.29) is 5.91 Å². The Balaban J connectivity index is 1.21. The second-order valence-electron chi connectivity index (χ2n) is 10.8. The lowest BCUT2D eigenvalue weighted by Crippen LogP contribution is -2.42. The maximum absolute atomic E-state index is 13.4. The third kappa shape index (κ3) is 5.44. The molecule has 1 saturated carbocycles. The first kappa shape index (κ1) is 26.7. The Morgan fingerprint density at radius 3 is 1.89 bits per heavy atom. The van der Waals surface area contributed by atoms with E-state index in [1.807, 2.05) is 0 Å². The van der Waals surface area contributed by atoms with Gasteiger partial charge in [-0.2, -0.15) is 0 Å². The van der Waals surface area contributed by atoms with Crippen LogP contribution in [0.4, 0.5) is 0 Å². The summed E-state index contributed by atoms with van der Waals surface area (Å²) in [5.74, 6) is 3.87. The lowest BCUT2D eigenvalue weighted by atomic mass is 9.76. The van der Waals surface area contributed by atoms with Gasteiger partial charge in [-0.15, -0.1) is 0 Å². The van der Waals surface area contributed by atoms with Crippen LogP contribution in [0.15, 0.2) is 24.3 Å². The van der Waals surface area contributed by atoms with Crippen LogP contribution in [0.3, 0.4) is 0 Å². The molecule has 0 radical (unpaired) electrons. The van der Waals surface area contributed by atoms with E-state index >= 15 is 0 Å². The lowest BCUT2D eigenvalue weighted by molar-refractivity contribution is -0.131. The minimum atomic E-state index is 0.264. The van der Waals surface area contributed by atoms with Crippen molar-refractivity contribution in [3.05, 3.63) is 46.5 Å². The fourth-order valence-corrected chi connectivity index (χ4v) is 6.57. The summed E-state index contributed by atoms with van der Waals surface area (Å²) in [7, 11) is 6.73. The highest BCUT2D eigenvalue weighted by Crippen LogP contribution is 2.43. The van der Waals surface area contributed by atoms with Crippen LogP contribution in [0.5, 0.6) is 23.0 Å². The predicted octanol–water partition coefficient (Wildman–Crippen LogP) is 4.62. The number of hydrogen-bond donors (Lipinski definition) is 0. The Morgan fingerprint density at radius 1 is 0.816 bits per heavy atom. The van der Waals surface area contributed by atoms with Crippen molar-refractivity contribution in [2.24, 2.45) is 0 Å². The maximum Gasteiger partial charge on any atom is 0.223 e. The second kappa shape index (κ2) is 11.9. The molecule has 206 valence electrons. The van der Waals surface area contributed by atoms with Gasteiger partial charge >= 0.3 is 0 Å². The Labute approximate surface area is 227 Å². The molecule has 7 heteroatoms. The van der Waals surface area contributed by atoms with Gasteiger partial charge in [-0.1, -0.05) is 12.8 Å². The molecule has 3 aliphatic rings. The number of hydrogen-bond acceptors (Lipinski definition) is 6. The van der Waals surface area contributed by atoms with Crippen LogP contribution in [-0.4, -0.2) is 76.4 Å². The van der Waals surface area contributed by atoms with Gasteiger partial charge in [-0.3, -0.25) is 9.69 Å². The molecule has 0 bridgehead atoms. The largest absolute Gasteiger partial charge is 0.493 e. The summed E-state index contributed by atoms with van der Waals surface area (Å²) in [5.41, 5.74) is 5.23. The van der Waals surface area contributed by atoms with Crippen molar-refractivity contribution >= 4 is 5.91 Å². The first-order chi connectivity index (χ1) is 18.5. The summed E-state index contributed by atoms with van der Waals surface area (Å²) in [6, 6.07) is 9.01. The molecule has 2 aliphatic carbocycles. The number of ether oxygens (including phenoxy) is 4. The van der Waals surface area contributed by atoms with Gasteiger partial charge in [0.05, 0.1) is 28.4 Å². The number of rotatable bonds is 10. The number of amides is 1. The van der Waals surface area contributed by atoms with Crippen molar-refractivity contribution in [1.82, 2.24) is 9.80 Å². The summed E-state index contributed by atoms with van der Waals surface area (Å²) < 4.78 is 22.0. The number of benzene rings is 2. The summed E-state index contributed by atoms with van der Waals surface area (Å²) in [6.45, 7) is 3.34. The molecule has 1 atom stereocenters. The fraction of sp³-hybridized carbons (Fsp3) is 0.581. The monoisotopic (exact) mass is 522 g/mol. The van der Waals surface area contributed by atoms with E-state index < -0.39 is 0 Å². The Morgan fingerprint density at radius 2 is 1.34 bits per heavy atom. The maximum atomic E-state index is 13.4. The number of carbonyl (C=O) groups is 1. The molecule has 2 aromatic carbocycles. The molecule has 0 spiro atoms. The molecule has 2 aromatic rings. The van der Waals surface area contributed by atoms with Crippen molar-refractivity contribution in [2.45, 2.75) is 63.3 Å². The molecule has 1 fully saturated rings. The third-order valence-electron chi connectivity index (χ3n) is 8.82. The van der Waals surface area contributed by atoms with Crippen molar-refractivity contribution in [3.8, 4) is 23.0 Å². The van der Waals surface area contributed by atoms with Crippen LogP contribution in [0.2, 0.25) is 0 Å². The molecule has 1 aliphatic heterocycles. The van der Waals surface area contributed by atoms with E-state index in [1.165, 1.54) is 47.9 Å². The van der Waals surface area contributed by atoms with E-state index in [0.717, 1.165) is 68.4 Å². The van der Waals surface area contributed by atoms with Crippen molar-refractivity contribution in [1.29, 1.82) is 0 Å². The zero-order chi connectivity index (χ0) is 26.6. The van der Waals surface area contributed by atoms with Gasteiger partial charge in [-0.05, 0) is 78.6 Å². The quantitative estimate of drug-likeness (QED) is 0.454. The van der Waals surface area contributed by atoms with E-state index in [4.69, 9.17) is 18.9 Å². The number of methoxy groups -OCH3 is 4. The van der Waals surface area contributed by atoms with Gasteiger partial charge in [0.1, 0.15) is 0 Å².